The molecule has 8 heteroatoms. The average molecular weight is 252 g/mol. The molecule has 0 aliphatic rings. The molecule has 0 N–H and O–H groups in total. The highest BCUT2D eigenvalue weighted by Gasteiger charge is 2.42. The van der Waals surface area contributed by atoms with E-state index in [1.807, 2.05) is 0 Å². The lowest BCUT2D eigenvalue weighted by Gasteiger charge is -2.17. The van der Waals surface area contributed by atoms with E-state index in [0.717, 1.165) is 12.1 Å². The van der Waals surface area contributed by atoms with E-state index < -0.39 is 11.7 Å². The van der Waals surface area contributed by atoms with Crippen LogP contribution in [0.15, 0.2) is 29.4 Å². The summed E-state index contributed by atoms with van der Waals surface area (Å²) in [6.45, 7) is 0. The summed E-state index contributed by atoms with van der Waals surface area (Å²) in [6, 6.07) is 4.70. The molecule has 1 aromatic rings. The lowest BCUT2D eigenvalue weighted by Crippen LogP contribution is -2.32. The minimum atomic E-state index is -4.11. The first-order valence-electron chi connectivity index (χ1n) is 3.96. The van der Waals surface area contributed by atoms with Crippen LogP contribution in [0.1, 0.15) is 0 Å². The number of hydrogen-bond acceptors (Lipinski definition) is 2. The van der Waals surface area contributed by atoms with Crippen molar-refractivity contribution in [3.63, 3.8) is 0 Å². The van der Waals surface area contributed by atoms with Crippen molar-refractivity contribution in [3.05, 3.63) is 34.7 Å². The van der Waals surface area contributed by atoms with Crippen LogP contribution in [0.5, 0.6) is 5.75 Å². The number of alkyl halides is 4. The number of azide groups is 1. The molecule has 1 aromatic carbocycles. The molecule has 86 valence electrons. The second-order valence-corrected chi connectivity index (χ2v) is 3.03. The summed E-state index contributed by atoms with van der Waals surface area (Å²) in [5.41, 5.74) is 5.37. The molecule has 16 heavy (non-hydrogen) atoms. The first-order chi connectivity index (χ1) is 7.45. The highest BCUT2D eigenvalue weighted by molar-refractivity contribution is 6.20. The predicted octanol–water partition coefficient (Wildman–Crippen LogP) is 4.13. The van der Waals surface area contributed by atoms with Crippen molar-refractivity contribution in [3.8, 4) is 5.75 Å². The average Bonchev–Trinajstić information content (AvgIpc) is 2.21. The van der Waals surface area contributed by atoms with Crippen molar-refractivity contribution < 1.29 is 17.9 Å². The molecule has 0 fully saturated rings. The van der Waals surface area contributed by atoms with Gasteiger partial charge in [0, 0.05) is 10.6 Å². The fourth-order valence-electron chi connectivity index (χ4n) is 0.834. The predicted molar refractivity (Wildman–Crippen MR) is 51.6 cm³/mol. The van der Waals surface area contributed by atoms with Gasteiger partial charge in [-0.1, -0.05) is 16.7 Å². The van der Waals surface area contributed by atoms with Crippen molar-refractivity contribution in [2.24, 2.45) is 5.11 Å². The molecular formula is C8H5ClF3N3O. The Kier molecular flexibility index (Phi) is 3.87. The number of nitrogens with zero attached hydrogens (tertiary/aromatic N) is 3. The fourth-order valence-corrected chi connectivity index (χ4v) is 0.879. The minimum absolute atomic E-state index is 0.223. The Morgan fingerprint density at radius 3 is 2.38 bits per heavy atom. The van der Waals surface area contributed by atoms with E-state index >= 15 is 0 Å². The maximum Gasteiger partial charge on any atom is 0.444 e. The summed E-state index contributed by atoms with van der Waals surface area (Å²) < 4.78 is 41.5. The summed E-state index contributed by atoms with van der Waals surface area (Å²) in [6.07, 6.45) is -4.11. The number of rotatable bonds is 4. The van der Waals surface area contributed by atoms with Crippen LogP contribution in [-0.2, 0) is 0 Å². The van der Waals surface area contributed by atoms with Gasteiger partial charge < -0.3 is 4.74 Å². The Labute approximate surface area is 93.2 Å². The second-order valence-electron chi connectivity index (χ2n) is 2.65. The van der Waals surface area contributed by atoms with Gasteiger partial charge in [0.05, 0.1) is 0 Å². The molecule has 0 aliphatic heterocycles. The Morgan fingerprint density at radius 2 is 1.94 bits per heavy atom. The van der Waals surface area contributed by atoms with Crippen LogP contribution in [0.4, 0.5) is 18.9 Å². The van der Waals surface area contributed by atoms with Crippen LogP contribution >= 0.6 is 11.6 Å². The normalized spacial score (nSPS) is 12.8. The standard InChI is InChI=1S/C8H5ClF3N3O/c9-7(10)8(11,12)16-6-3-1-5(2-4-6)14-15-13/h1-4,7H. The zero-order valence-electron chi connectivity index (χ0n) is 7.65. The molecule has 0 heterocycles. The Bertz CT molecular complexity index is 403. The summed E-state index contributed by atoms with van der Waals surface area (Å²) in [5.74, 6) is -0.287. The van der Waals surface area contributed by atoms with Crippen molar-refractivity contribution in [1.29, 1.82) is 0 Å². The SMILES string of the molecule is [N-]=[N+]=Nc1ccc(OC(F)(F)C(F)Cl)cc1. The molecule has 0 aliphatic carbocycles. The van der Waals surface area contributed by atoms with E-state index in [0.29, 0.717) is 0 Å². The van der Waals surface area contributed by atoms with E-state index in [2.05, 4.69) is 26.4 Å². The van der Waals surface area contributed by atoms with Gasteiger partial charge in [-0.15, -0.1) is 0 Å². The van der Waals surface area contributed by atoms with Gasteiger partial charge >= 0.3 is 6.11 Å². The Hall–Kier alpha value is -1.59. The molecule has 4 nitrogen and oxygen atoms in total. The van der Waals surface area contributed by atoms with Gasteiger partial charge in [-0.2, -0.15) is 8.78 Å². The number of hydrogen-bond donors (Lipinski definition) is 0. The molecule has 0 saturated carbocycles. The van der Waals surface area contributed by atoms with E-state index in [1.54, 1.807) is 0 Å². The monoisotopic (exact) mass is 251 g/mol. The smallest absolute Gasteiger partial charge is 0.429 e. The van der Waals surface area contributed by atoms with Crippen LogP contribution in [0.3, 0.4) is 0 Å². The number of halogens is 4. The maximum absolute atomic E-state index is 12.7. The zero-order chi connectivity index (χ0) is 12.2. The van der Waals surface area contributed by atoms with Crippen molar-refractivity contribution in [2.45, 2.75) is 11.7 Å². The molecule has 1 unspecified atom stereocenters. The summed E-state index contributed by atoms with van der Waals surface area (Å²) >= 11 is 4.59. The van der Waals surface area contributed by atoms with Gasteiger partial charge in [-0.3, -0.25) is 0 Å². The third-order valence-corrected chi connectivity index (χ3v) is 1.76. The Balaban J connectivity index is 2.79. The van der Waals surface area contributed by atoms with E-state index in [4.69, 9.17) is 5.53 Å². The molecule has 0 aromatic heterocycles. The third kappa shape index (κ3) is 3.22. The largest absolute Gasteiger partial charge is 0.444 e. The highest BCUT2D eigenvalue weighted by atomic mass is 35.5. The zero-order valence-corrected chi connectivity index (χ0v) is 8.40. The number of ether oxygens (including phenoxy) is 1. The quantitative estimate of drug-likeness (QED) is 0.343. The van der Waals surface area contributed by atoms with Gasteiger partial charge in [-0.25, -0.2) is 4.39 Å². The van der Waals surface area contributed by atoms with Crippen LogP contribution in [0.25, 0.3) is 10.4 Å². The third-order valence-electron chi connectivity index (χ3n) is 1.50. The van der Waals surface area contributed by atoms with Gasteiger partial charge in [0.25, 0.3) is 5.63 Å². The first-order valence-corrected chi connectivity index (χ1v) is 4.39. The highest BCUT2D eigenvalue weighted by Crippen LogP contribution is 2.29. The summed E-state index contributed by atoms with van der Waals surface area (Å²) in [7, 11) is 0. The van der Waals surface area contributed by atoms with Crippen LogP contribution in [0, 0.1) is 0 Å². The van der Waals surface area contributed by atoms with Gasteiger partial charge in [0.1, 0.15) is 5.75 Å². The summed E-state index contributed by atoms with van der Waals surface area (Å²) in [5, 5.41) is 3.22. The maximum atomic E-state index is 12.7. The van der Waals surface area contributed by atoms with Crippen LogP contribution < -0.4 is 4.74 Å². The molecule has 0 spiro atoms. The molecule has 1 atom stereocenters. The first kappa shape index (κ1) is 12.5. The molecular weight excluding hydrogens is 247 g/mol. The van der Waals surface area contributed by atoms with Gasteiger partial charge in [0.2, 0.25) is 0 Å². The second kappa shape index (κ2) is 4.96. The molecule has 1 rings (SSSR count). The molecule has 0 saturated heterocycles. The van der Waals surface area contributed by atoms with Crippen molar-refractivity contribution >= 4 is 17.3 Å². The topological polar surface area (TPSA) is 58.0 Å². The molecule has 0 amide bonds. The Morgan fingerprint density at radius 1 is 1.38 bits per heavy atom. The van der Waals surface area contributed by atoms with E-state index in [9.17, 15) is 13.2 Å². The van der Waals surface area contributed by atoms with E-state index in [1.165, 1.54) is 12.1 Å². The van der Waals surface area contributed by atoms with Crippen LogP contribution in [0.2, 0.25) is 0 Å². The van der Waals surface area contributed by atoms with Crippen molar-refractivity contribution in [2.75, 3.05) is 0 Å². The molecule has 0 bridgehead atoms. The van der Waals surface area contributed by atoms with E-state index in [-0.39, 0.29) is 11.4 Å². The fraction of sp³-hybridized carbons (Fsp3) is 0.250. The lowest BCUT2D eigenvalue weighted by molar-refractivity contribution is -0.199. The lowest BCUT2D eigenvalue weighted by atomic mass is 10.3. The van der Waals surface area contributed by atoms with Gasteiger partial charge in [0.15, 0.2) is 0 Å². The van der Waals surface area contributed by atoms with Crippen molar-refractivity contribution in [1.82, 2.24) is 0 Å². The summed E-state index contributed by atoms with van der Waals surface area (Å²) in [4.78, 5) is 2.49. The molecule has 0 radical (unpaired) electrons. The van der Waals surface area contributed by atoms with Gasteiger partial charge in [-0.05, 0) is 29.8 Å². The van der Waals surface area contributed by atoms with Crippen LogP contribution in [-0.4, -0.2) is 11.7 Å². The minimum Gasteiger partial charge on any atom is -0.429 e. The number of benzene rings is 1.